The summed E-state index contributed by atoms with van der Waals surface area (Å²) in [5.74, 6) is 0. The van der Waals surface area contributed by atoms with Crippen LogP contribution in [0.25, 0.3) is 6.08 Å². The number of aromatic nitrogens is 1. The average Bonchev–Trinajstić information content (AvgIpc) is 2.09. The van der Waals surface area contributed by atoms with Crippen LogP contribution in [-0.2, 0) is 0 Å². The maximum Gasteiger partial charge on any atom is 0.136 e. The molecule has 0 aliphatic heterocycles. The largest absolute Gasteiger partial charge is 0.316 e. The highest BCUT2D eigenvalue weighted by Crippen LogP contribution is 2.14. The minimum Gasteiger partial charge on any atom is -0.316 e. The molecule has 0 atom stereocenters. The smallest absolute Gasteiger partial charge is 0.136 e. The van der Waals surface area contributed by atoms with Gasteiger partial charge in [0.2, 0.25) is 0 Å². The van der Waals surface area contributed by atoms with Gasteiger partial charge in [0.05, 0.1) is 0 Å². The summed E-state index contributed by atoms with van der Waals surface area (Å²) in [7, 11) is 1.90. The van der Waals surface area contributed by atoms with Gasteiger partial charge in [-0.2, -0.15) is 0 Å². The van der Waals surface area contributed by atoms with E-state index < -0.39 is 0 Å². The number of hydrogen-bond acceptors (Lipinski definition) is 2. The second-order valence-electron chi connectivity index (χ2n) is 2.79. The average molecular weight is 197 g/mol. The van der Waals surface area contributed by atoms with Crippen LogP contribution in [0.5, 0.6) is 0 Å². The number of hydrogen-bond donors (Lipinski definition) is 1. The van der Waals surface area contributed by atoms with E-state index in [0.29, 0.717) is 5.15 Å². The molecule has 0 saturated carbocycles. The number of rotatable bonds is 3. The molecule has 0 radical (unpaired) electrons. The van der Waals surface area contributed by atoms with Gasteiger partial charge in [-0.15, -0.1) is 0 Å². The van der Waals surface area contributed by atoms with Crippen LogP contribution < -0.4 is 5.32 Å². The monoisotopic (exact) mass is 196 g/mol. The van der Waals surface area contributed by atoms with E-state index in [1.54, 1.807) is 0 Å². The highest BCUT2D eigenvalue weighted by Gasteiger charge is 1.96. The van der Waals surface area contributed by atoms with Crippen LogP contribution in [-0.4, -0.2) is 18.6 Å². The Morgan fingerprint density at radius 1 is 1.54 bits per heavy atom. The molecule has 13 heavy (non-hydrogen) atoms. The maximum atomic E-state index is 5.93. The number of aryl methyl sites for hydroxylation is 1. The third kappa shape index (κ3) is 3.17. The Morgan fingerprint density at radius 2 is 2.31 bits per heavy atom. The van der Waals surface area contributed by atoms with E-state index in [-0.39, 0.29) is 0 Å². The first-order valence-electron chi connectivity index (χ1n) is 4.18. The number of likely N-dealkylation sites (N-methyl/N-ethyl adjacent to an activating group) is 1. The van der Waals surface area contributed by atoms with Crippen molar-refractivity contribution in [2.75, 3.05) is 13.6 Å². The number of halogens is 1. The molecule has 0 spiro atoms. The lowest BCUT2D eigenvalue weighted by atomic mass is 10.2. The standard InChI is InChI=1S/C10H13ClN2/c1-8-5-6-9(10(11)13-8)4-3-7-12-2/h3-6,12H,7H2,1-2H3. The van der Waals surface area contributed by atoms with Crippen molar-refractivity contribution in [1.82, 2.24) is 10.3 Å². The molecule has 1 aromatic heterocycles. The third-order valence-electron chi connectivity index (χ3n) is 1.64. The first-order valence-corrected chi connectivity index (χ1v) is 4.56. The summed E-state index contributed by atoms with van der Waals surface area (Å²) < 4.78 is 0. The zero-order valence-electron chi connectivity index (χ0n) is 7.84. The SMILES string of the molecule is CNCC=Cc1ccc(C)nc1Cl. The molecule has 2 nitrogen and oxygen atoms in total. The lowest BCUT2D eigenvalue weighted by molar-refractivity contribution is 0.922. The number of nitrogens with zero attached hydrogens (tertiary/aromatic N) is 1. The molecule has 1 heterocycles. The van der Waals surface area contributed by atoms with E-state index in [0.717, 1.165) is 17.8 Å². The Labute approximate surface area is 83.6 Å². The van der Waals surface area contributed by atoms with E-state index in [9.17, 15) is 0 Å². The topological polar surface area (TPSA) is 24.9 Å². The van der Waals surface area contributed by atoms with Gasteiger partial charge >= 0.3 is 0 Å². The second-order valence-corrected chi connectivity index (χ2v) is 3.15. The van der Waals surface area contributed by atoms with E-state index in [1.807, 2.05) is 38.3 Å². The van der Waals surface area contributed by atoms with Crippen LogP contribution in [0.15, 0.2) is 18.2 Å². The Hall–Kier alpha value is -0.860. The summed E-state index contributed by atoms with van der Waals surface area (Å²) in [6.45, 7) is 2.76. The van der Waals surface area contributed by atoms with E-state index in [2.05, 4.69) is 10.3 Å². The van der Waals surface area contributed by atoms with Crippen LogP contribution in [0.4, 0.5) is 0 Å². The Morgan fingerprint density at radius 3 is 2.92 bits per heavy atom. The fourth-order valence-corrected chi connectivity index (χ4v) is 1.22. The third-order valence-corrected chi connectivity index (χ3v) is 1.94. The van der Waals surface area contributed by atoms with Crippen LogP contribution in [0, 0.1) is 6.92 Å². The lowest BCUT2D eigenvalue weighted by Gasteiger charge is -1.98. The molecule has 0 bridgehead atoms. The number of pyridine rings is 1. The minimum absolute atomic E-state index is 0.562. The van der Waals surface area contributed by atoms with Crippen molar-refractivity contribution in [2.24, 2.45) is 0 Å². The van der Waals surface area contributed by atoms with Gasteiger partial charge in [0, 0.05) is 17.8 Å². The predicted molar refractivity (Wildman–Crippen MR) is 56.9 cm³/mol. The summed E-state index contributed by atoms with van der Waals surface area (Å²) in [4.78, 5) is 4.15. The van der Waals surface area contributed by atoms with Crippen molar-refractivity contribution >= 4 is 17.7 Å². The van der Waals surface area contributed by atoms with Gasteiger partial charge in [-0.25, -0.2) is 4.98 Å². The molecular formula is C10H13ClN2. The summed E-state index contributed by atoms with van der Waals surface area (Å²) in [5.41, 5.74) is 1.90. The summed E-state index contributed by atoms with van der Waals surface area (Å²) in [6, 6.07) is 3.92. The highest BCUT2D eigenvalue weighted by molar-refractivity contribution is 6.30. The molecule has 0 unspecified atom stereocenters. The van der Waals surface area contributed by atoms with Crippen LogP contribution in [0.1, 0.15) is 11.3 Å². The maximum absolute atomic E-state index is 5.93. The van der Waals surface area contributed by atoms with Crippen molar-refractivity contribution in [2.45, 2.75) is 6.92 Å². The second kappa shape index (κ2) is 5.00. The quantitative estimate of drug-likeness (QED) is 0.751. The molecule has 1 rings (SSSR count). The lowest BCUT2D eigenvalue weighted by Crippen LogP contribution is -2.03. The fraction of sp³-hybridized carbons (Fsp3) is 0.300. The van der Waals surface area contributed by atoms with E-state index in [4.69, 9.17) is 11.6 Å². The zero-order chi connectivity index (χ0) is 9.68. The van der Waals surface area contributed by atoms with Gasteiger partial charge in [-0.05, 0) is 20.0 Å². The van der Waals surface area contributed by atoms with E-state index in [1.165, 1.54) is 0 Å². The first-order chi connectivity index (χ1) is 6.24. The van der Waals surface area contributed by atoms with Crippen molar-refractivity contribution < 1.29 is 0 Å². The molecule has 0 amide bonds. The van der Waals surface area contributed by atoms with Gasteiger partial charge < -0.3 is 5.32 Å². The molecule has 3 heteroatoms. The summed E-state index contributed by atoms with van der Waals surface area (Å²) in [5, 5.41) is 3.58. The Balaban J connectivity index is 2.77. The minimum atomic E-state index is 0.562. The summed E-state index contributed by atoms with van der Waals surface area (Å²) in [6.07, 6.45) is 3.98. The van der Waals surface area contributed by atoms with Gasteiger partial charge in [0.25, 0.3) is 0 Å². The van der Waals surface area contributed by atoms with E-state index >= 15 is 0 Å². The van der Waals surface area contributed by atoms with Gasteiger partial charge in [-0.3, -0.25) is 0 Å². The Kier molecular flexibility index (Phi) is 3.93. The molecular weight excluding hydrogens is 184 g/mol. The van der Waals surface area contributed by atoms with Crippen molar-refractivity contribution in [3.8, 4) is 0 Å². The van der Waals surface area contributed by atoms with Gasteiger partial charge in [0.15, 0.2) is 0 Å². The first kappa shape index (κ1) is 10.2. The van der Waals surface area contributed by atoms with Gasteiger partial charge in [0.1, 0.15) is 5.15 Å². The van der Waals surface area contributed by atoms with Crippen molar-refractivity contribution in [1.29, 1.82) is 0 Å². The zero-order valence-corrected chi connectivity index (χ0v) is 8.60. The fourth-order valence-electron chi connectivity index (χ4n) is 0.964. The molecule has 0 aliphatic carbocycles. The normalized spacial score (nSPS) is 11.0. The van der Waals surface area contributed by atoms with Gasteiger partial charge in [-0.1, -0.05) is 29.8 Å². The molecule has 1 N–H and O–H groups in total. The molecule has 1 aromatic rings. The predicted octanol–water partition coefficient (Wildman–Crippen LogP) is 2.28. The molecule has 0 aliphatic rings. The molecule has 0 fully saturated rings. The van der Waals surface area contributed by atoms with Crippen LogP contribution >= 0.6 is 11.6 Å². The summed E-state index contributed by atoms with van der Waals surface area (Å²) >= 11 is 5.93. The van der Waals surface area contributed by atoms with Crippen LogP contribution in [0.3, 0.4) is 0 Å². The number of nitrogens with one attached hydrogen (secondary N) is 1. The molecule has 0 saturated heterocycles. The van der Waals surface area contributed by atoms with Crippen molar-refractivity contribution in [3.05, 3.63) is 34.6 Å². The Bertz CT molecular complexity index is 308. The molecule has 0 aromatic carbocycles. The van der Waals surface area contributed by atoms with Crippen molar-refractivity contribution in [3.63, 3.8) is 0 Å². The van der Waals surface area contributed by atoms with Crippen LogP contribution in [0.2, 0.25) is 5.15 Å². The molecule has 70 valence electrons. The highest BCUT2D eigenvalue weighted by atomic mass is 35.5.